The number of benzene rings is 1. The zero-order chi connectivity index (χ0) is 19.2. The quantitative estimate of drug-likeness (QED) is 0.526. The summed E-state index contributed by atoms with van der Waals surface area (Å²) >= 11 is 0. The number of unbranched alkanes of at least 4 members (excludes halogenated alkanes) is 3. The summed E-state index contributed by atoms with van der Waals surface area (Å²) in [5.41, 5.74) is 9.98. The second-order valence-corrected chi connectivity index (χ2v) is 7.01. The number of aliphatic hydroxyl groups excluding tert-OH is 1. The Bertz CT molecular complexity index is 909. The van der Waals surface area contributed by atoms with Crippen LogP contribution in [0, 0.1) is 6.92 Å². The minimum Gasteiger partial charge on any atom is -0.383 e. The Morgan fingerprint density at radius 1 is 1.14 bits per heavy atom. The van der Waals surface area contributed by atoms with Crippen molar-refractivity contribution in [2.45, 2.75) is 51.7 Å². The van der Waals surface area contributed by atoms with Crippen LogP contribution in [0.3, 0.4) is 0 Å². The van der Waals surface area contributed by atoms with Crippen LogP contribution in [-0.2, 0) is 11.3 Å². The van der Waals surface area contributed by atoms with Crippen molar-refractivity contribution in [3.05, 3.63) is 54.4 Å². The van der Waals surface area contributed by atoms with Crippen LogP contribution in [0.5, 0.6) is 0 Å². The molecule has 0 aliphatic rings. The van der Waals surface area contributed by atoms with Gasteiger partial charge in [0.1, 0.15) is 6.10 Å². The third-order valence-electron chi connectivity index (χ3n) is 5.10. The normalized spacial score (nSPS) is 11.9. The van der Waals surface area contributed by atoms with Crippen molar-refractivity contribution in [2.75, 3.05) is 0 Å². The van der Waals surface area contributed by atoms with E-state index in [1.807, 2.05) is 12.3 Å². The number of nitrogens with zero attached hydrogens (tertiary/aromatic N) is 2. The van der Waals surface area contributed by atoms with Gasteiger partial charge in [0, 0.05) is 35.4 Å². The lowest BCUT2D eigenvalue weighted by molar-refractivity contribution is -0.126. The zero-order valence-corrected chi connectivity index (χ0v) is 17.0. The van der Waals surface area contributed by atoms with Gasteiger partial charge in [0.15, 0.2) is 0 Å². The number of hydrogen-bond donors (Lipinski definition) is 2. The molecule has 0 aliphatic carbocycles. The summed E-state index contributed by atoms with van der Waals surface area (Å²) in [6.07, 6.45) is 7.02. The molecule has 0 saturated carbocycles. The molecule has 28 heavy (non-hydrogen) atoms. The lowest BCUT2D eigenvalue weighted by atomic mass is 10.1. The van der Waals surface area contributed by atoms with Gasteiger partial charge in [0.25, 0.3) is 0 Å². The predicted molar refractivity (Wildman–Crippen MR) is 115 cm³/mol. The Balaban J connectivity index is 0.00000280. The Morgan fingerprint density at radius 2 is 1.89 bits per heavy atom. The molecule has 0 aliphatic heterocycles. The smallest absolute Gasteiger partial charge is 0.246 e. The number of para-hydroxylation sites is 1. The maximum Gasteiger partial charge on any atom is 0.246 e. The van der Waals surface area contributed by atoms with Crippen molar-refractivity contribution in [2.24, 2.45) is 5.73 Å². The van der Waals surface area contributed by atoms with Crippen LogP contribution >= 0.6 is 12.4 Å². The number of fused-ring (bicyclic) bond motifs is 1. The van der Waals surface area contributed by atoms with E-state index in [1.54, 1.807) is 6.20 Å². The van der Waals surface area contributed by atoms with Gasteiger partial charge >= 0.3 is 0 Å². The van der Waals surface area contributed by atoms with Crippen LogP contribution in [-0.4, -0.2) is 26.7 Å². The molecule has 1 atom stereocenters. The Kier molecular flexibility index (Phi) is 8.03. The molecule has 150 valence electrons. The van der Waals surface area contributed by atoms with Crippen LogP contribution < -0.4 is 5.73 Å². The second kappa shape index (κ2) is 10.2. The number of amides is 1. The minimum atomic E-state index is -1.02. The van der Waals surface area contributed by atoms with Crippen LogP contribution in [0.15, 0.2) is 48.8 Å². The number of carbonyl (C=O) groups excluding carboxylic acids is 1. The summed E-state index contributed by atoms with van der Waals surface area (Å²) < 4.78 is 2.39. The monoisotopic (exact) mass is 401 g/mol. The maximum atomic E-state index is 10.9. The fraction of sp³-hybridized carbons (Fsp3) is 0.364. The van der Waals surface area contributed by atoms with E-state index in [0.717, 1.165) is 37.8 Å². The average molecular weight is 402 g/mol. The van der Waals surface area contributed by atoms with E-state index in [1.165, 1.54) is 22.2 Å². The highest BCUT2D eigenvalue weighted by Crippen LogP contribution is 2.33. The van der Waals surface area contributed by atoms with Gasteiger partial charge < -0.3 is 15.4 Å². The van der Waals surface area contributed by atoms with Crippen molar-refractivity contribution in [1.82, 2.24) is 9.55 Å². The molecule has 0 fully saturated rings. The highest BCUT2D eigenvalue weighted by atomic mass is 35.5. The predicted octanol–water partition coefficient (Wildman–Crippen LogP) is 4.23. The molecule has 3 aromatic rings. The molecule has 1 amide bonds. The molecular weight excluding hydrogens is 374 g/mol. The van der Waals surface area contributed by atoms with Crippen LogP contribution in [0.1, 0.15) is 37.7 Å². The summed E-state index contributed by atoms with van der Waals surface area (Å²) in [7, 11) is 0. The number of primary amides is 1. The summed E-state index contributed by atoms with van der Waals surface area (Å²) in [6.45, 7) is 3.10. The van der Waals surface area contributed by atoms with Gasteiger partial charge in [-0.15, -0.1) is 12.4 Å². The first kappa shape index (κ1) is 21.9. The molecule has 3 rings (SSSR count). The number of aryl methyl sites for hydroxylation is 2. The summed E-state index contributed by atoms with van der Waals surface area (Å²) in [4.78, 5) is 15.2. The second-order valence-electron chi connectivity index (χ2n) is 7.01. The third kappa shape index (κ3) is 4.91. The molecule has 0 spiro atoms. The SMILES string of the molecule is Cc1c(-c2cccnc2)n(CCCCCCC(O)C(N)=O)c2ccccc12.Cl. The van der Waals surface area contributed by atoms with E-state index in [9.17, 15) is 9.90 Å². The molecule has 2 aromatic heterocycles. The number of aromatic nitrogens is 2. The molecule has 1 unspecified atom stereocenters. The first-order valence-corrected chi connectivity index (χ1v) is 9.55. The Hall–Kier alpha value is -2.37. The molecule has 6 heteroatoms. The lowest BCUT2D eigenvalue weighted by Gasteiger charge is -2.12. The Labute approximate surface area is 172 Å². The van der Waals surface area contributed by atoms with Crippen molar-refractivity contribution in [3.63, 3.8) is 0 Å². The van der Waals surface area contributed by atoms with E-state index < -0.39 is 12.0 Å². The minimum absolute atomic E-state index is 0. The van der Waals surface area contributed by atoms with Crippen molar-refractivity contribution in [3.8, 4) is 11.3 Å². The summed E-state index contributed by atoms with van der Waals surface area (Å²) in [6, 6.07) is 12.6. The topological polar surface area (TPSA) is 81.1 Å². The van der Waals surface area contributed by atoms with E-state index >= 15 is 0 Å². The highest BCUT2D eigenvalue weighted by Gasteiger charge is 2.15. The van der Waals surface area contributed by atoms with Crippen LogP contribution in [0.4, 0.5) is 0 Å². The van der Waals surface area contributed by atoms with Gasteiger partial charge in [-0.3, -0.25) is 9.78 Å². The van der Waals surface area contributed by atoms with Crippen molar-refractivity contribution < 1.29 is 9.90 Å². The van der Waals surface area contributed by atoms with E-state index in [-0.39, 0.29) is 12.4 Å². The molecular formula is C22H28ClN3O2. The van der Waals surface area contributed by atoms with Gasteiger partial charge in [-0.05, 0) is 43.5 Å². The molecule has 5 nitrogen and oxygen atoms in total. The largest absolute Gasteiger partial charge is 0.383 e. The summed E-state index contributed by atoms with van der Waals surface area (Å²) in [5, 5.41) is 10.7. The van der Waals surface area contributed by atoms with Crippen molar-refractivity contribution >= 4 is 29.2 Å². The summed E-state index contributed by atoms with van der Waals surface area (Å²) in [5.74, 6) is -0.634. The molecule has 2 heterocycles. The number of nitrogens with two attached hydrogens (primary N) is 1. The van der Waals surface area contributed by atoms with Gasteiger partial charge in [-0.25, -0.2) is 0 Å². The molecule has 1 aromatic carbocycles. The number of halogens is 1. The standard InChI is InChI=1S/C22H27N3O2.ClH/c1-16-18-10-5-6-11-19(18)25(21(16)17-9-8-13-24-15-17)14-7-3-2-4-12-20(26)22(23)27;/h5-6,8-11,13,15,20,26H,2-4,7,12,14H2,1H3,(H2,23,27);1H. The highest BCUT2D eigenvalue weighted by molar-refractivity contribution is 5.91. The number of hydrogen-bond acceptors (Lipinski definition) is 3. The molecule has 0 saturated heterocycles. The first-order chi connectivity index (χ1) is 13.1. The number of pyridine rings is 1. The zero-order valence-electron chi connectivity index (χ0n) is 16.2. The van der Waals surface area contributed by atoms with E-state index in [4.69, 9.17) is 5.73 Å². The first-order valence-electron chi connectivity index (χ1n) is 9.55. The third-order valence-corrected chi connectivity index (χ3v) is 5.10. The number of carbonyl (C=O) groups is 1. The van der Waals surface area contributed by atoms with E-state index in [2.05, 4.69) is 46.8 Å². The van der Waals surface area contributed by atoms with Crippen LogP contribution in [0.2, 0.25) is 0 Å². The average Bonchev–Trinajstić information content (AvgIpc) is 2.97. The van der Waals surface area contributed by atoms with E-state index in [0.29, 0.717) is 6.42 Å². The molecule has 0 radical (unpaired) electrons. The fourth-order valence-corrected chi connectivity index (χ4v) is 3.69. The van der Waals surface area contributed by atoms with Gasteiger partial charge in [0.05, 0.1) is 5.69 Å². The fourth-order valence-electron chi connectivity index (χ4n) is 3.69. The van der Waals surface area contributed by atoms with Crippen molar-refractivity contribution in [1.29, 1.82) is 0 Å². The molecule has 3 N–H and O–H groups in total. The Morgan fingerprint density at radius 3 is 2.61 bits per heavy atom. The van der Waals surface area contributed by atoms with Crippen LogP contribution in [0.25, 0.3) is 22.2 Å². The number of aliphatic hydroxyl groups is 1. The van der Waals surface area contributed by atoms with Gasteiger partial charge in [-0.1, -0.05) is 37.5 Å². The number of rotatable bonds is 9. The maximum absolute atomic E-state index is 10.9. The van der Waals surface area contributed by atoms with Gasteiger partial charge in [0.2, 0.25) is 5.91 Å². The lowest BCUT2D eigenvalue weighted by Crippen LogP contribution is -2.27. The molecule has 0 bridgehead atoms. The van der Waals surface area contributed by atoms with Gasteiger partial charge in [-0.2, -0.15) is 0 Å².